The topological polar surface area (TPSA) is 75.7 Å². The van der Waals surface area contributed by atoms with E-state index in [0.717, 1.165) is 5.56 Å². The summed E-state index contributed by atoms with van der Waals surface area (Å²) in [5, 5.41) is 3.36. The Bertz CT molecular complexity index is 911. The molecule has 0 aliphatic carbocycles. The second kappa shape index (κ2) is 9.92. The summed E-state index contributed by atoms with van der Waals surface area (Å²) in [7, 11) is 2.82. The van der Waals surface area contributed by atoms with Gasteiger partial charge in [-0.1, -0.05) is 35.3 Å². The van der Waals surface area contributed by atoms with Gasteiger partial charge in [-0.3, -0.25) is 9.59 Å². The number of hydrogen-bond acceptors (Lipinski definition) is 4. The Morgan fingerprint density at radius 2 is 1.75 bits per heavy atom. The van der Waals surface area contributed by atoms with Crippen molar-refractivity contribution in [3.63, 3.8) is 0 Å². The van der Waals surface area contributed by atoms with E-state index in [4.69, 9.17) is 23.2 Å². The number of anilines is 1. The first-order chi connectivity index (χ1) is 13.3. The van der Waals surface area contributed by atoms with Gasteiger partial charge in [-0.2, -0.15) is 0 Å². The van der Waals surface area contributed by atoms with Crippen molar-refractivity contribution in [2.24, 2.45) is 0 Å². The maximum atomic E-state index is 12.2. The van der Waals surface area contributed by atoms with Gasteiger partial charge in [0.25, 0.3) is 0 Å². The number of nitrogens with one attached hydrogen (secondary N) is 1. The molecule has 0 spiro atoms. The van der Waals surface area contributed by atoms with Gasteiger partial charge in [-0.15, -0.1) is 0 Å². The van der Waals surface area contributed by atoms with Crippen LogP contribution in [0.2, 0.25) is 10.0 Å². The lowest BCUT2D eigenvalue weighted by atomic mass is 10.1. The predicted octanol–water partition coefficient (Wildman–Crippen LogP) is 3.89. The molecular formula is C20H18Cl2N2O4. The molecule has 0 aliphatic rings. The number of carbonyl (C=O) groups is 3. The molecule has 0 heterocycles. The number of rotatable bonds is 6. The lowest BCUT2D eigenvalue weighted by Crippen LogP contribution is -2.33. The van der Waals surface area contributed by atoms with Gasteiger partial charge in [-0.05, 0) is 42.0 Å². The van der Waals surface area contributed by atoms with E-state index < -0.39 is 5.97 Å². The van der Waals surface area contributed by atoms with Crippen molar-refractivity contribution in [3.8, 4) is 0 Å². The first-order valence-corrected chi connectivity index (χ1v) is 8.92. The quantitative estimate of drug-likeness (QED) is 0.567. The lowest BCUT2D eigenvalue weighted by Gasteiger charge is -2.15. The summed E-state index contributed by atoms with van der Waals surface area (Å²) in [6, 6.07) is 11.3. The summed E-state index contributed by atoms with van der Waals surface area (Å²) in [4.78, 5) is 36.9. The number of halogens is 2. The van der Waals surface area contributed by atoms with E-state index in [2.05, 4.69) is 10.1 Å². The Balaban J connectivity index is 1.90. The van der Waals surface area contributed by atoms with Crippen LogP contribution >= 0.6 is 23.2 Å². The molecule has 0 saturated carbocycles. The maximum absolute atomic E-state index is 12.2. The summed E-state index contributed by atoms with van der Waals surface area (Å²) < 4.78 is 4.63. The maximum Gasteiger partial charge on any atom is 0.337 e. The molecule has 0 fully saturated rings. The summed E-state index contributed by atoms with van der Waals surface area (Å²) in [5.74, 6) is -1.15. The zero-order valence-electron chi connectivity index (χ0n) is 15.2. The zero-order valence-corrected chi connectivity index (χ0v) is 16.8. The van der Waals surface area contributed by atoms with E-state index in [0.29, 0.717) is 21.3 Å². The second-order valence-corrected chi connectivity index (χ2v) is 6.63. The zero-order chi connectivity index (χ0) is 20.7. The molecule has 0 bridgehead atoms. The summed E-state index contributed by atoms with van der Waals surface area (Å²) in [5.41, 5.74) is 1.64. The molecule has 2 rings (SSSR count). The molecule has 0 atom stereocenters. The molecule has 0 unspecified atom stereocenters. The fraction of sp³-hybridized carbons (Fsp3) is 0.150. The SMILES string of the molecule is COC(=O)c1ccc(/C=C/C(=O)N(C)CC(=O)Nc2ccc(Cl)c(Cl)c2)cc1. The van der Waals surface area contributed by atoms with Gasteiger partial charge >= 0.3 is 5.97 Å². The highest BCUT2D eigenvalue weighted by atomic mass is 35.5. The van der Waals surface area contributed by atoms with Crippen LogP contribution < -0.4 is 5.32 Å². The molecule has 1 N–H and O–H groups in total. The Kier molecular flexibility index (Phi) is 7.61. The van der Waals surface area contributed by atoms with Crippen LogP contribution in [0.25, 0.3) is 6.08 Å². The van der Waals surface area contributed by atoms with Crippen molar-refractivity contribution in [3.05, 3.63) is 69.7 Å². The average Bonchev–Trinajstić information content (AvgIpc) is 2.68. The van der Waals surface area contributed by atoms with E-state index in [9.17, 15) is 14.4 Å². The predicted molar refractivity (Wildman–Crippen MR) is 110 cm³/mol. The van der Waals surface area contributed by atoms with E-state index >= 15 is 0 Å². The van der Waals surface area contributed by atoms with Crippen LogP contribution in [0.1, 0.15) is 15.9 Å². The highest BCUT2D eigenvalue weighted by Gasteiger charge is 2.11. The largest absolute Gasteiger partial charge is 0.465 e. The molecule has 0 aliphatic heterocycles. The number of amides is 2. The normalized spacial score (nSPS) is 10.6. The number of benzene rings is 2. The van der Waals surface area contributed by atoms with Crippen LogP contribution in [0, 0.1) is 0 Å². The minimum absolute atomic E-state index is 0.134. The Labute approximate surface area is 172 Å². The number of esters is 1. The molecule has 8 heteroatoms. The number of likely N-dealkylation sites (N-methyl/N-ethyl adjacent to an activating group) is 1. The molecule has 0 radical (unpaired) electrons. The monoisotopic (exact) mass is 420 g/mol. The van der Waals surface area contributed by atoms with E-state index in [1.54, 1.807) is 42.5 Å². The first kappa shape index (κ1) is 21.5. The Hall–Kier alpha value is -2.83. The van der Waals surface area contributed by atoms with E-state index in [-0.39, 0.29) is 18.4 Å². The number of carbonyl (C=O) groups excluding carboxylic acids is 3. The van der Waals surface area contributed by atoms with Crippen LogP contribution in [0.4, 0.5) is 5.69 Å². The second-order valence-electron chi connectivity index (χ2n) is 5.82. The summed E-state index contributed by atoms with van der Waals surface area (Å²) >= 11 is 11.7. The molecule has 2 aromatic rings. The van der Waals surface area contributed by atoms with E-state index in [1.165, 1.54) is 31.2 Å². The van der Waals surface area contributed by atoms with Crippen LogP contribution in [0.5, 0.6) is 0 Å². The summed E-state index contributed by atoms with van der Waals surface area (Å²) in [6.07, 6.45) is 2.94. The molecule has 2 amide bonds. The Morgan fingerprint density at radius 1 is 1.07 bits per heavy atom. The van der Waals surface area contributed by atoms with Crippen molar-refractivity contribution >= 4 is 52.7 Å². The third-order valence-corrected chi connectivity index (χ3v) is 4.45. The van der Waals surface area contributed by atoms with Gasteiger partial charge in [0.15, 0.2) is 0 Å². The highest BCUT2D eigenvalue weighted by molar-refractivity contribution is 6.42. The standard InChI is InChI=1S/C20H18Cl2N2O4/c1-24(12-18(25)23-15-8-9-16(21)17(22)11-15)19(26)10-5-13-3-6-14(7-4-13)20(27)28-2/h3-11H,12H2,1-2H3,(H,23,25)/b10-5+. The molecule has 0 saturated heterocycles. The summed E-state index contributed by atoms with van der Waals surface area (Å²) in [6.45, 7) is -0.134. The third-order valence-electron chi connectivity index (χ3n) is 3.71. The van der Waals surface area contributed by atoms with Gasteiger partial charge in [0.1, 0.15) is 0 Å². The molecule has 0 aromatic heterocycles. The number of hydrogen-bond donors (Lipinski definition) is 1. The fourth-order valence-corrected chi connectivity index (χ4v) is 2.51. The number of methoxy groups -OCH3 is 1. The van der Waals surface area contributed by atoms with Gasteiger partial charge in [0, 0.05) is 18.8 Å². The number of ether oxygens (including phenoxy) is 1. The molecular weight excluding hydrogens is 403 g/mol. The van der Waals surface area contributed by atoms with Crippen LogP contribution in [-0.4, -0.2) is 43.4 Å². The van der Waals surface area contributed by atoms with Gasteiger partial charge in [0.05, 0.1) is 29.3 Å². The molecule has 28 heavy (non-hydrogen) atoms. The van der Waals surface area contributed by atoms with E-state index in [1.807, 2.05) is 0 Å². The van der Waals surface area contributed by atoms with Crippen LogP contribution in [-0.2, 0) is 14.3 Å². The first-order valence-electron chi connectivity index (χ1n) is 8.16. The minimum Gasteiger partial charge on any atom is -0.465 e. The third kappa shape index (κ3) is 6.11. The Morgan fingerprint density at radius 3 is 2.36 bits per heavy atom. The van der Waals surface area contributed by atoms with Crippen LogP contribution in [0.3, 0.4) is 0 Å². The minimum atomic E-state index is -0.431. The van der Waals surface area contributed by atoms with Crippen molar-refractivity contribution in [2.75, 3.05) is 26.0 Å². The van der Waals surface area contributed by atoms with Crippen molar-refractivity contribution < 1.29 is 19.1 Å². The van der Waals surface area contributed by atoms with Gasteiger partial charge in [-0.25, -0.2) is 4.79 Å². The van der Waals surface area contributed by atoms with Crippen molar-refractivity contribution in [1.29, 1.82) is 0 Å². The lowest BCUT2D eigenvalue weighted by molar-refractivity contribution is -0.129. The molecule has 146 valence electrons. The average molecular weight is 421 g/mol. The number of nitrogens with zero attached hydrogens (tertiary/aromatic N) is 1. The van der Waals surface area contributed by atoms with Crippen molar-refractivity contribution in [2.45, 2.75) is 0 Å². The smallest absolute Gasteiger partial charge is 0.337 e. The fourth-order valence-electron chi connectivity index (χ4n) is 2.21. The van der Waals surface area contributed by atoms with Crippen molar-refractivity contribution in [1.82, 2.24) is 4.90 Å². The van der Waals surface area contributed by atoms with Crippen LogP contribution in [0.15, 0.2) is 48.5 Å². The molecule has 6 nitrogen and oxygen atoms in total. The highest BCUT2D eigenvalue weighted by Crippen LogP contribution is 2.24. The van der Waals surface area contributed by atoms with Gasteiger partial charge in [0.2, 0.25) is 11.8 Å². The van der Waals surface area contributed by atoms with Gasteiger partial charge < -0.3 is 15.0 Å². The molecule has 2 aromatic carbocycles.